The molecule has 5 heteroatoms. The fourth-order valence-corrected chi connectivity index (χ4v) is 3.05. The normalized spacial score (nSPS) is 17.7. The van der Waals surface area contributed by atoms with Gasteiger partial charge in [-0.3, -0.25) is 9.48 Å². The highest BCUT2D eigenvalue weighted by Crippen LogP contribution is 2.33. The molecule has 0 saturated carbocycles. The molecule has 2 heterocycles. The Labute approximate surface area is 131 Å². The largest absolute Gasteiger partial charge is 0.378 e. The van der Waals surface area contributed by atoms with Gasteiger partial charge in [-0.1, -0.05) is 12.1 Å². The van der Waals surface area contributed by atoms with Crippen LogP contribution in [0.15, 0.2) is 42.7 Å². The Hall–Kier alpha value is -2.30. The molecule has 2 aromatic rings. The highest BCUT2D eigenvalue weighted by molar-refractivity contribution is 5.76. The van der Waals surface area contributed by atoms with Crippen LogP contribution < -0.4 is 4.90 Å². The second kappa shape index (κ2) is 6.22. The third kappa shape index (κ3) is 2.98. The first-order valence-electron chi connectivity index (χ1n) is 7.69. The summed E-state index contributed by atoms with van der Waals surface area (Å²) in [5.74, 6) is 0.140. The highest BCUT2D eigenvalue weighted by Gasteiger charge is 2.30. The van der Waals surface area contributed by atoms with E-state index in [1.165, 1.54) is 11.3 Å². The van der Waals surface area contributed by atoms with E-state index in [1.54, 1.807) is 10.9 Å². The van der Waals surface area contributed by atoms with E-state index in [0.29, 0.717) is 6.54 Å². The molecule has 1 amide bonds. The maximum absolute atomic E-state index is 12.6. The number of amides is 1. The Kier molecular flexibility index (Phi) is 4.13. The van der Waals surface area contributed by atoms with Crippen LogP contribution in [0.5, 0.6) is 0 Å². The van der Waals surface area contributed by atoms with Crippen molar-refractivity contribution < 1.29 is 4.79 Å². The van der Waals surface area contributed by atoms with Crippen LogP contribution in [0, 0.1) is 0 Å². The summed E-state index contributed by atoms with van der Waals surface area (Å²) in [6.45, 7) is 1.15. The minimum atomic E-state index is 0.140. The van der Waals surface area contributed by atoms with Crippen molar-refractivity contribution in [1.29, 1.82) is 0 Å². The molecule has 1 saturated heterocycles. The molecule has 0 radical (unpaired) electrons. The molecule has 5 nitrogen and oxygen atoms in total. The number of hydrogen-bond donors (Lipinski definition) is 0. The van der Waals surface area contributed by atoms with Crippen molar-refractivity contribution in [1.82, 2.24) is 14.7 Å². The van der Waals surface area contributed by atoms with Gasteiger partial charge in [-0.25, -0.2) is 0 Å². The predicted molar refractivity (Wildman–Crippen MR) is 86.7 cm³/mol. The maximum atomic E-state index is 12.6. The molecular formula is C17H22N4O. The van der Waals surface area contributed by atoms with E-state index < -0.39 is 0 Å². The van der Waals surface area contributed by atoms with Crippen molar-refractivity contribution in [3.63, 3.8) is 0 Å². The molecule has 1 atom stereocenters. The summed E-state index contributed by atoms with van der Waals surface area (Å²) in [5.41, 5.74) is 2.39. The lowest BCUT2D eigenvalue weighted by molar-refractivity contribution is -0.133. The average molecular weight is 298 g/mol. The van der Waals surface area contributed by atoms with E-state index in [9.17, 15) is 4.79 Å². The van der Waals surface area contributed by atoms with Gasteiger partial charge in [-0.05, 0) is 36.6 Å². The smallest absolute Gasteiger partial charge is 0.244 e. The first kappa shape index (κ1) is 14.6. The summed E-state index contributed by atoms with van der Waals surface area (Å²) in [4.78, 5) is 16.7. The van der Waals surface area contributed by atoms with Crippen LogP contribution in [0.3, 0.4) is 0 Å². The quantitative estimate of drug-likeness (QED) is 0.870. The van der Waals surface area contributed by atoms with Gasteiger partial charge in [0, 0.05) is 38.7 Å². The van der Waals surface area contributed by atoms with Crippen molar-refractivity contribution in [3.8, 4) is 0 Å². The standard InChI is InChI=1S/C17H22N4O/c1-19(2)15-7-3-6-14(12-15)16-8-4-11-21(16)17(22)13-20-10-5-9-18-20/h3,5-7,9-10,12,16H,4,8,11,13H2,1-2H3/t16-/m0/s1. The van der Waals surface area contributed by atoms with Crippen LogP contribution in [0.1, 0.15) is 24.4 Å². The maximum Gasteiger partial charge on any atom is 0.244 e. The van der Waals surface area contributed by atoms with Crippen molar-refractivity contribution in [2.24, 2.45) is 0 Å². The minimum absolute atomic E-state index is 0.140. The molecule has 1 fully saturated rings. The fraction of sp³-hybridized carbons (Fsp3) is 0.412. The van der Waals surface area contributed by atoms with E-state index in [1.807, 2.05) is 31.3 Å². The zero-order valence-corrected chi connectivity index (χ0v) is 13.1. The fourth-order valence-electron chi connectivity index (χ4n) is 3.05. The zero-order valence-electron chi connectivity index (χ0n) is 13.1. The van der Waals surface area contributed by atoms with Gasteiger partial charge in [0.15, 0.2) is 0 Å². The van der Waals surface area contributed by atoms with Crippen LogP contribution >= 0.6 is 0 Å². The molecule has 0 N–H and O–H groups in total. The predicted octanol–water partition coefficient (Wildman–Crippen LogP) is 2.31. The third-order valence-electron chi connectivity index (χ3n) is 4.20. The monoisotopic (exact) mass is 298 g/mol. The van der Waals surface area contributed by atoms with Crippen molar-refractivity contribution in [3.05, 3.63) is 48.3 Å². The Morgan fingerprint density at radius 1 is 1.36 bits per heavy atom. The highest BCUT2D eigenvalue weighted by atomic mass is 16.2. The third-order valence-corrected chi connectivity index (χ3v) is 4.20. The Morgan fingerprint density at radius 3 is 2.95 bits per heavy atom. The van der Waals surface area contributed by atoms with E-state index in [-0.39, 0.29) is 11.9 Å². The SMILES string of the molecule is CN(C)c1cccc([C@@H]2CCCN2C(=O)Cn2cccn2)c1. The van der Waals surface area contributed by atoms with Crippen LogP contribution in [0.2, 0.25) is 0 Å². The van der Waals surface area contributed by atoms with Crippen molar-refractivity contribution >= 4 is 11.6 Å². The summed E-state index contributed by atoms with van der Waals surface area (Å²) in [6.07, 6.45) is 5.62. The van der Waals surface area contributed by atoms with Gasteiger partial charge in [0.2, 0.25) is 5.91 Å². The van der Waals surface area contributed by atoms with Crippen LogP contribution in [0.4, 0.5) is 5.69 Å². The number of benzene rings is 1. The molecule has 22 heavy (non-hydrogen) atoms. The number of carbonyl (C=O) groups is 1. The van der Waals surface area contributed by atoms with Gasteiger partial charge >= 0.3 is 0 Å². The van der Waals surface area contributed by atoms with Crippen LogP contribution in [-0.2, 0) is 11.3 Å². The lowest BCUT2D eigenvalue weighted by Crippen LogP contribution is -2.33. The van der Waals surface area contributed by atoms with Gasteiger partial charge in [-0.15, -0.1) is 0 Å². The Bertz CT molecular complexity index is 636. The van der Waals surface area contributed by atoms with Gasteiger partial charge < -0.3 is 9.80 Å². The Balaban J connectivity index is 1.78. The molecular weight excluding hydrogens is 276 g/mol. The first-order valence-corrected chi connectivity index (χ1v) is 7.69. The second-order valence-corrected chi connectivity index (χ2v) is 5.94. The minimum Gasteiger partial charge on any atom is -0.378 e. The first-order chi connectivity index (χ1) is 10.6. The van der Waals surface area contributed by atoms with Gasteiger partial charge in [-0.2, -0.15) is 5.10 Å². The van der Waals surface area contributed by atoms with E-state index in [2.05, 4.69) is 34.3 Å². The lowest BCUT2D eigenvalue weighted by Gasteiger charge is -2.26. The van der Waals surface area contributed by atoms with Crippen molar-refractivity contribution in [2.45, 2.75) is 25.4 Å². The summed E-state index contributed by atoms with van der Waals surface area (Å²) in [6, 6.07) is 10.5. The van der Waals surface area contributed by atoms with Crippen LogP contribution in [0.25, 0.3) is 0 Å². The van der Waals surface area contributed by atoms with Gasteiger partial charge in [0.25, 0.3) is 0 Å². The number of aromatic nitrogens is 2. The number of carbonyl (C=O) groups excluding carboxylic acids is 1. The molecule has 0 unspecified atom stereocenters. The molecule has 3 rings (SSSR count). The second-order valence-electron chi connectivity index (χ2n) is 5.94. The average Bonchev–Trinajstić information content (AvgIpc) is 3.18. The lowest BCUT2D eigenvalue weighted by atomic mass is 10.0. The summed E-state index contributed by atoms with van der Waals surface area (Å²) in [7, 11) is 4.07. The molecule has 116 valence electrons. The molecule has 1 aliphatic rings. The van der Waals surface area contributed by atoms with Gasteiger partial charge in [0.05, 0.1) is 6.04 Å². The summed E-state index contributed by atoms with van der Waals surface area (Å²) >= 11 is 0. The molecule has 1 aromatic carbocycles. The summed E-state index contributed by atoms with van der Waals surface area (Å²) < 4.78 is 1.69. The number of hydrogen-bond acceptors (Lipinski definition) is 3. The number of rotatable bonds is 4. The number of likely N-dealkylation sites (tertiary alicyclic amines) is 1. The van der Waals surface area contributed by atoms with Crippen LogP contribution in [-0.4, -0.2) is 41.2 Å². The summed E-state index contributed by atoms with van der Waals surface area (Å²) in [5, 5.41) is 4.13. The molecule has 0 aliphatic carbocycles. The molecule has 0 spiro atoms. The zero-order chi connectivity index (χ0) is 15.5. The molecule has 1 aromatic heterocycles. The Morgan fingerprint density at radius 2 is 2.23 bits per heavy atom. The molecule has 0 bridgehead atoms. The van der Waals surface area contributed by atoms with Gasteiger partial charge in [0.1, 0.15) is 6.54 Å². The number of nitrogens with zero attached hydrogens (tertiary/aromatic N) is 4. The van der Waals surface area contributed by atoms with E-state index in [4.69, 9.17) is 0 Å². The molecule has 1 aliphatic heterocycles. The topological polar surface area (TPSA) is 41.4 Å². The van der Waals surface area contributed by atoms with E-state index in [0.717, 1.165) is 19.4 Å². The van der Waals surface area contributed by atoms with Crippen molar-refractivity contribution in [2.75, 3.05) is 25.5 Å². The van der Waals surface area contributed by atoms with E-state index >= 15 is 0 Å². The number of anilines is 1.